The molecule has 0 fully saturated rings. The first-order valence-electron chi connectivity index (χ1n) is 5.13. The highest BCUT2D eigenvalue weighted by Crippen LogP contribution is 2.11. The van der Waals surface area contributed by atoms with Crippen LogP contribution >= 0.6 is 0 Å². The van der Waals surface area contributed by atoms with Crippen LogP contribution in [0.1, 0.15) is 30.6 Å². The first-order valence-corrected chi connectivity index (χ1v) is 5.13. The second-order valence-corrected chi connectivity index (χ2v) is 3.94. The van der Waals surface area contributed by atoms with Crippen molar-refractivity contribution >= 4 is 5.97 Å². The van der Waals surface area contributed by atoms with Gasteiger partial charge in [0.05, 0.1) is 12.2 Å². The van der Waals surface area contributed by atoms with Gasteiger partial charge < -0.3 is 4.74 Å². The minimum atomic E-state index is -0.822. The maximum atomic E-state index is 13.1. The van der Waals surface area contributed by atoms with Gasteiger partial charge in [-0.2, -0.15) is 0 Å². The van der Waals surface area contributed by atoms with Crippen molar-refractivity contribution in [1.29, 1.82) is 0 Å². The van der Waals surface area contributed by atoms with Crippen LogP contribution in [-0.2, 0) is 4.74 Å². The van der Waals surface area contributed by atoms with Crippen LogP contribution in [0.5, 0.6) is 0 Å². The lowest BCUT2D eigenvalue weighted by atomic mass is 10.1. The van der Waals surface area contributed by atoms with Gasteiger partial charge in [0.25, 0.3) is 0 Å². The molecule has 0 atom stereocenters. The summed E-state index contributed by atoms with van der Waals surface area (Å²) in [6.07, 6.45) is 0.697. The lowest BCUT2D eigenvalue weighted by Gasteiger charge is -2.07. The maximum absolute atomic E-state index is 13.1. The van der Waals surface area contributed by atoms with Crippen molar-refractivity contribution in [2.24, 2.45) is 5.92 Å². The molecule has 0 spiro atoms. The predicted octanol–water partition coefficient (Wildman–Crippen LogP) is 3.17. The van der Waals surface area contributed by atoms with Crippen LogP contribution in [0.25, 0.3) is 0 Å². The van der Waals surface area contributed by atoms with E-state index in [1.54, 1.807) is 0 Å². The van der Waals surface area contributed by atoms with Gasteiger partial charge in [0, 0.05) is 0 Å². The Bertz CT molecular complexity index is 375. The predicted molar refractivity (Wildman–Crippen MR) is 56.1 cm³/mol. The molecular formula is C12H14F2O2. The van der Waals surface area contributed by atoms with Crippen LogP contribution in [0.2, 0.25) is 0 Å². The first-order chi connectivity index (χ1) is 7.50. The summed E-state index contributed by atoms with van der Waals surface area (Å²) in [6, 6.07) is 2.71. The molecule has 1 aromatic carbocycles. The molecule has 4 heteroatoms. The second kappa shape index (κ2) is 5.58. The summed E-state index contributed by atoms with van der Waals surface area (Å²) in [5.74, 6) is -1.85. The van der Waals surface area contributed by atoms with E-state index in [9.17, 15) is 13.6 Å². The Hall–Kier alpha value is -1.45. The Morgan fingerprint density at radius 2 is 2.06 bits per heavy atom. The zero-order chi connectivity index (χ0) is 12.1. The Labute approximate surface area is 93.2 Å². The number of carbonyl (C=O) groups excluding carboxylic acids is 1. The average Bonchev–Trinajstić information content (AvgIpc) is 2.21. The van der Waals surface area contributed by atoms with Crippen molar-refractivity contribution in [1.82, 2.24) is 0 Å². The Morgan fingerprint density at radius 3 is 2.69 bits per heavy atom. The maximum Gasteiger partial charge on any atom is 0.341 e. The van der Waals surface area contributed by atoms with E-state index in [1.165, 1.54) is 0 Å². The van der Waals surface area contributed by atoms with Gasteiger partial charge in [-0.15, -0.1) is 0 Å². The summed E-state index contributed by atoms with van der Waals surface area (Å²) in [4.78, 5) is 11.4. The molecule has 0 radical (unpaired) electrons. The summed E-state index contributed by atoms with van der Waals surface area (Å²) < 4.78 is 30.8. The molecule has 0 aromatic heterocycles. The third kappa shape index (κ3) is 3.61. The SMILES string of the molecule is CC(C)CCOC(=O)c1cc(F)ccc1F. The van der Waals surface area contributed by atoms with Crippen LogP contribution in [-0.4, -0.2) is 12.6 Å². The van der Waals surface area contributed by atoms with E-state index in [0.717, 1.165) is 18.2 Å². The molecule has 0 aliphatic carbocycles. The van der Waals surface area contributed by atoms with Gasteiger partial charge in [-0.3, -0.25) is 0 Å². The number of hydrogen-bond donors (Lipinski definition) is 0. The average molecular weight is 228 g/mol. The van der Waals surface area contributed by atoms with E-state index in [1.807, 2.05) is 13.8 Å². The van der Waals surface area contributed by atoms with E-state index < -0.39 is 17.6 Å². The number of rotatable bonds is 4. The topological polar surface area (TPSA) is 26.3 Å². The monoisotopic (exact) mass is 228 g/mol. The molecule has 88 valence electrons. The smallest absolute Gasteiger partial charge is 0.341 e. The molecule has 0 bridgehead atoms. The van der Waals surface area contributed by atoms with E-state index in [0.29, 0.717) is 12.3 Å². The zero-order valence-corrected chi connectivity index (χ0v) is 9.30. The van der Waals surface area contributed by atoms with E-state index in [2.05, 4.69) is 0 Å². The Balaban J connectivity index is 2.62. The van der Waals surface area contributed by atoms with E-state index >= 15 is 0 Å². The fourth-order valence-electron chi connectivity index (χ4n) is 1.12. The first kappa shape index (κ1) is 12.6. The molecule has 1 rings (SSSR count). The van der Waals surface area contributed by atoms with Gasteiger partial charge in [0.1, 0.15) is 11.6 Å². The Morgan fingerprint density at radius 1 is 1.38 bits per heavy atom. The van der Waals surface area contributed by atoms with Crippen LogP contribution in [0.3, 0.4) is 0 Å². The molecule has 2 nitrogen and oxygen atoms in total. The van der Waals surface area contributed by atoms with Gasteiger partial charge in [0.15, 0.2) is 0 Å². The second-order valence-electron chi connectivity index (χ2n) is 3.94. The van der Waals surface area contributed by atoms with Crippen molar-refractivity contribution in [3.8, 4) is 0 Å². The van der Waals surface area contributed by atoms with Gasteiger partial charge in [0.2, 0.25) is 0 Å². The molecule has 0 saturated heterocycles. The van der Waals surface area contributed by atoms with Gasteiger partial charge in [-0.05, 0) is 30.5 Å². The van der Waals surface area contributed by atoms with E-state index in [-0.39, 0.29) is 12.2 Å². The number of hydrogen-bond acceptors (Lipinski definition) is 2. The highest BCUT2D eigenvalue weighted by Gasteiger charge is 2.14. The molecule has 0 N–H and O–H groups in total. The van der Waals surface area contributed by atoms with Gasteiger partial charge in [-0.25, -0.2) is 13.6 Å². The minimum absolute atomic E-state index is 0.215. The van der Waals surface area contributed by atoms with E-state index in [4.69, 9.17) is 4.74 Å². The normalized spacial score (nSPS) is 10.6. The summed E-state index contributed by atoms with van der Waals surface area (Å²) in [5.41, 5.74) is -0.358. The fourth-order valence-corrected chi connectivity index (χ4v) is 1.12. The summed E-state index contributed by atoms with van der Waals surface area (Å²) in [7, 11) is 0. The standard InChI is InChI=1S/C12H14F2O2/c1-8(2)5-6-16-12(15)10-7-9(13)3-4-11(10)14/h3-4,7-8H,5-6H2,1-2H3. The van der Waals surface area contributed by atoms with Crippen LogP contribution in [0.15, 0.2) is 18.2 Å². The number of ether oxygens (including phenoxy) is 1. The largest absolute Gasteiger partial charge is 0.462 e. The van der Waals surface area contributed by atoms with Crippen molar-refractivity contribution in [3.05, 3.63) is 35.4 Å². The number of halogens is 2. The third-order valence-electron chi connectivity index (χ3n) is 2.08. The van der Waals surface area contributed by atoms with Gasteiger partial charge in [-0.1, -0.05) is 13.8 Å². The van der Waals surface area contributed by atoms with Crippen LogP contribution in [0, 0.1) is 17.6 Å². The fraction of sp³-hybridized carbons (Fsp3) is 0.417. The summed E-state index contributed by atoms with van der Waals surface area (Å²) >= 11 is 0. The van der Waals surface area contributed by atoms with Crippen LogP contribution < -0.4 is 0 Å². The zero-order valence-electron chi connectivity index (χ0n) is 9.30. The third-order valence-corrected chi connectivity index (χ3v) is 2.08. The molecule has 16 heavy (non-hydrogen) atoms. The molecule has 1 aromatic rings. The molecule has 0 saturated carbocycles. The molecular weight excluding hydrogens is 214 g/mol. The summed E-state index contributed by atoms with van der Waals surface area (Å²) in [5, 5.41) is 0. The quantitative estimate of drug-likeness (QED) is 0.740. The molecule has 0 heterocycles. The molecule has 0 aliphatic rings. The number of esters is 1. The van der Waals surface area contributed by atoms with Crippen molar-refractivity contribution in [2.75, 3.05) is 6.61 Å². The minimum Gasteiger partial charge on any atom is -0.462 e. The molecule has 0 aliphatic heterocycles. The molecule has 0 unspecified atom stereocenters. The lowest BCUT2D eigenvalue weighted by Crippen LogP contribution is -2.10. The Kier molecular flexibility index (Phi) is 4.40. The molecule has 0 amide bonds. The summed E-state index contributed by atoms with van der Waals surface area (Å²) in [6.45, 7) is 4.18. The lowest BCUT2D eigenvalue weighted by molar-refractivity contribution is 0.0482. The van der Waals surface area contributed by atoms with Crippen LogP contribution in [0.4, 0.5) is 8.78 Å². The van der Waals surface area contributed by atoms with Crippen molar-refractivity contribution in [2.45, 2.75) is 20.3 Å². The highest BCUT2D eigenvalue weighted by molar-refractivity contribution is 5.89. The number of benzene rings is 1. The highest BCUT2D eigenvalue weighted by atomic mass is 19.1. The van der Waals surface area contributed by atoms with Gasteiger partial charge >= 0.3 is 5.97 Å². The van der Waals surface area contributed by atoms with Crippen molar-refractivity contribution < 1.29 is 18.3 Å². The van der Waals surface area contributed by atoms with Crippen molar-refractivity contribution in [3.63, 3.8) is 0 Å². The number of carbonyl (C=O) groups is 1.